The number of nitrogens with two attached hydrogens (primary N) is 1. The molecule has 1 aliphatic carbocycles. The molecule has 0 spiro atoms. The molecule has 0 aliphatic heterocycles. The molecule has 0 aromatic heterocycles. The van der Waals surface area contributed by atoms with Crippen LogP contribution in [0, 0.1) is 5.92 Å². The molecule has 0 amide bonds. The molecule has 28 heavy (non-hydrogen) atoms. The number of carbonyl (C=O) groups is 2. The molecule has 0 radical (unpaired) electrons. The van der Waals surface area contributed by atoms with Gasteiger partial charge in [-0.05, 0) is 43.0 Å². The lowest BCUT2D eigenvalue weighted by Crippen LogP contribution is -2.36. The molecule has 7 nitrogen and oxygen atoms in total. The summed E-state index contributed by atoms with van der Waals surface area (Å²) in [4.78, 5) is 24.2. The summed E-state index contributed by atoms with van der Waals surface area (Å²) in [5.74, 6) is -1.45. The smallest absolute Gasteiger partial charge is 0.338 e. The van der Waals surface area contributed by atoms with Crippen LogP contribution in [-0.2, 0) is 25.5 Å². The second-order valence-corrected chi connectivity index (χ2v) is 6.70. The second-order valence-electron chi connectivity index (χ2n) is 6.70. The van der Waals surface area contributed by atoms with E-state index in [0.29, 0.717) is 11.1 Å². The Kier molecular flexibility index (Phi) is 7.40. The lowest BCUT2D eigenvalue weighted by Gasteiger charge is -2.16. The zero-order chi connectivity index (χ0) is 20.7. The zero-order valence-electron chi connectivity index (χ0n) is 15.9. The molecule has 1 unspecified atom stereocenters. The third-order valence-corrected chi connectivity index (χ3v) is 4.07. The summed E-state index contributed by atoms with van der Waals surface area (Å²) in [6, 6.07) is 3.24. The molecule has 0 saturated heterocycles. The Balaban J connectivity index is 1.80. The van der Waals surface area contributed by atoms with Gasteiger partial charge >= 0.3 is 11.9 Å². The van der Waals surface area contributed by atoms with Gasteiger partial charge in [-0.2, -0.15) is 0 Å². The Morgan fingerprint density at radius 1 is 1.21 bits per heavy atom. The van der Waals surface area contributed by atoms with Crippen molar-refractivity contribution < 1.29 is 29.3 Å². The number of benzene rings is 1. The number of allylic oxidation sites excluding steroid dienone is 4. The van der Waals surface area contributed by atoms with Crippen molar-refractivity contribution in [3.8, 4) is 11.5 Å². The normalized spacial score (nSPS) is 18.0. The molecule has 0 heterocycles. The van der Waals surface area contributed by atoms with Crippen LogP contribution in [0.4, 0.5) is 0 Å². The van der Waals surface area contributed by atoms with E-state index < -0.39 is 24.1 Å². The van der Waals surface area contributed by atoms with Gasteiger partial charge in [-0.3, -0.25) is 4.79 Å². The summed E-state index contributed by atoms with van der Waals surface area (Å²) < 4.78 is 10.4. The van der Waals surface area contributed by atoms with Crippen molar-refractivity contribution in [1.29, 1.82) is 0 Å². The summed E-state index contributed by atoms with van der Waals surface area (Å²) >= 11 is 0. The Labute approximate surface area is 163 Å². The van der Waals surface area contributed by atoms with Gasteiger partial charge in [0.25, 0.3) is 0 Å². The highest BCUT2D eigenvalue weighted by atomic mass is 16.6. The highest BCUT2D eigenvalue weighted by Gasteiger charge is 2.19. The number of rotatable bonds is 7. The summed E-state index contributed by atoms with van der Waals surface area (Å²) in [7, 11) is 0. The summed E-state index contributed by atoms with van der Waals surface area (Å²) in [6.07, 6.45) is 8.51. The second kappa shape index (κ2) is 9.75. The number of hydrogen-bond donors (Lipinski definition) is 3. The maximum Gasteiger partial charge on any atom is 0.338 e. The molecule has 3 atom stereocenters. The van der Waals surface area contributed by atoms with Crippen molar-refractivity contribution in [3.63, 3.8) is 0 Å². The quantitative estimate of drug-likeness (QED) is 0.484. The van der Waals surface area contributed by atoms with Gasteiger partial charge in [0, 0.05) is 0 Å². The number of aromatic hydroxyl groups is 2. The molecule has 0 saturated carbocycles. The first kappa shape index (κ1) is 21.2. The molecule has 150 valence electrons. The monoisotopic (exact) mass is 387 g/mol. The van der Waals surface area contributed by atoms with Crippen LogP contribution in [-0.4, -0.2) is 40.9 Å². The Hall–Kier alpha value is -3.06. The fourth-order valence-corrected chi connectivity index (χ4v) is 2.47. The lowest BCUT2D eigenvalue weighted by atomic mass is 10.1. The van der Waals surface area contributed by atoms with Crippen molar-refractivity contribution in [2.24, 2.45) is 11.7 Å². The minimum absolute atomic E-state index is 0.123. The molecule has 7 heteroatoms. The third kappa shape index (κ3) is 6.28. The molecule has 4 N–H and O–H groups in total. The summed E-state index contributed by atoms with van der Waals surface area (Å²) in [5, 5.41) is 18.8. The van der Waals surface area contributed by atoms with E-state index in [4.69, 9.17) is 15.2 Å². The van der Waals surface area contributed by atoms with Crippen molar-refractivity contribution in [3.05, 3.63) is 59.7 Å². The van der Waals surface area contributed by atoms with E-state index in [1.54, 1.807) is 31.2 Å². The number of esters is 2. The fourth-order valence-electron chi connectivity index (χ4n) is 2.47. The standard InChI is InChI=1S/C21H25NO6/c1-13-4-3-5-16(8-6-13)20(25)28-14(2)12-27-21(26)17(22)10-15-7-9-18(23)19(24)11-15/h3-9,11,13-14,17,23-24H,10,12,22H2,1-2H3/t13?,14-,17+/m1/s1. The maximum absolute atomic E-state index is 12.2. The van der Waals surface area contributed by atoms with Crippen LogP contribution < -0.4 is 5.73 Å². The van der Waals surface area contributed by atoms with Crippen LogP contribution in [0.5, 0.6) is 11.5 Å². The Morgan fingerprint density at radius 3 is 2.68 bits per heavy atom. The van der Waals surface area contributed by atoms with Crippen molar-refractivity contribution in [2.45, 2.75) is 32.4 Å². The predicted molar refractivity (Wildman–Crippen MR) is 103 cm³/mol. The van der Waals surface area contributed by atoms with Crippen LogP contribution in [0.15, 0.2) is 54.2 Å². The lowest BCUT2D eigenvalue weighted by molar-refractivity contribution is -0.155. The number of hydrogen-bond acceptors (Lipinski definition) is 7. The molecule has 2 rings (SSSR count). The third-order valence-electron chi connectivity index (χ3n) is 4.07. The fraction of sp³-hybridized carbons (Fsp3) is 0.333. The first-order valence-corrected chi connectivity index (χ1v) is 8.97. The average Bonchev–Trinajstić information content (AvgIpc) is 2.87. The van der Waals surface area contributed by atoms with Crippen molar-refractivity contribution in [1.82, 2.24) is 0 Å². The first-order chi connectivity index (χ1) is 13.3. The Bertz CT molecular complexity index is 811. The van der Waals surface area contributed by atoms with Gasteiger partial charge in [0.2, 0.25) is 0 Å². The molecular weight excluding hydrogens is 362 g/mol. The summed E-state index contributed by atoms with van der Waals surface area (Å²) in [6.45, 7) is 3.50. The molecule has 1 aromatic carbocycles. The van der Waals surface area contributed by atoms with Crippen LogP contribution in [0.2, 0.25) is 0 Å². The van der Waals surface area contributed by atoms with E-state index in [9.17, 15) is 19.8 Å². The van der Waals surface area contributed by atoms with Gasteiger partial charge < -0.3 is 25.4 Å². The molecular formula is C21H25NO6. The van der Waals surface area contributed by atoms with Crippen LogP contribution in [0.1, 0.15) is 19.4 Å². The molecule has 1 aromatic rings. The predicted octanol–water partition coefficient (Wildman–Crippen LogP) is 2.13. The van der Waals surface area contributed by atoms with Gasteiger partial charge in [0.15, 0.2) is 11.5 Å². The summed E-state index contributed by atoms with van der Waals surface area (Å²) in [5.41, 5.74) is 6.82. The van der Waals surface area contributed by atoms with Gasteiger partial charge in [-0.1, -0.05) is 37.3 Å². The van der Waals surface area contributed by atoms with Gasteiger partial charge in [-0.15, -0.1) is 0 Å². The highest BCUT2D eigenvalue weighted by Crippen LogP contribution is 2.25. The number of carbonyl (C=O) groups excluding carboxylic acids is 2. The Morgan fingerprint density at radius 2 is 1.96 bits per heavy atom. The molecule has 1 aliphatic rings. The molecule has 0 bridgehead atoms. The van der Waals surface area contributed by atoms with Crippen molar-refractivity contribution >= 4 is 11.9 Å². The highest BCUT2D eigenvalue weighted by molar-refractivity contribution is 5.92. The van der Waals surface area contributed by atoms with E-state index >= 15 is 0 Å². The van der Waals surface area contributed by atoms with Crippen LogP contribution in [0.25, 0.3) is 0 Å². The zero-order valence-corrected chi connectivity index (χ0v) is 15.9. The minimum Gasteiger partial charge on any atom is -0.504 e. The SMILES string of the molecule is CC1C=CC=C(C(=O)O[C@H](C)COC(=O)[C@@H](N)Cc2ccc(O)c(O)c2)C=C1. The van der Waals surface area contributed by atoms with E-state index in [2.05, 4.69) is 0 Å². The molecule has 0 fully saturated rings. The topological polar surface area (TPSA) is 119 Å². The van der Waals surface area contributed by atoms with Gasteiger partial charge in [0.05, 0.1) is 5.57 Å². The number of phenolic OH excluding ortho intramolecular Hbond substituents is 2. The maximum atomic E-state index is 12.2. The average molecular weight is 387 g/mol. The van der Waals surface area contributed by atoms with E-state index in [-0.39, 0.29) is 30.4 Å². The van der Waals surface area contributed by atoms with E-state index in [0.717, 1.165) is 0 Å². The van der Waals surface area contributed by atoms with Crippen molar-refractivity contribution in [2.75, 3.05) is 6.61 Å². The first-order valence-electron chi connectivity index (χ1n) is 8.97. The van der Waals surface area contributed by atoms with E-state index in [1.165, 1.54) is 12.1 Å². The van der Waals surface area contributed by atoms with Gasteiger partial charge in [-0.25, -0.2) is 4.79 Å². The number of phenols is 2. The number of ether oxygens (including phenoxy) is 2. The largest absolute Gasteiger partial charge is 0.504 e. The van der Waals surface area contributed by atoms with E-state index in [1.807, 2.05) is 19.1 Å². The van der Waals surface area contributed by atoms with Crippen LogP contribution >= 0.6 is 0 Å². The minimum atomic E-state index is -0.953. The van der Waals surface area contributed by atoms with Gasteiger partial charge in [0.1, 0.15) is 18.8 Å². The van der Waals surface area contributed by atoms with Crippen LogP contribution in [0.3, 0.4) is 0 Å².